The van der Waals surface area contributed by atoms with E-state index in [1.165, 1.54) is 0 Å². The molecule has 0 aromatic carbocycles. The minimum Gasteiger partial charge on any atom is -0.242 e. The van der Waals surface area contributed by atoms with Gasteiger partial charge in [-0.15, -0.1) is 0 Å². The van der Waals surface area contributed by atoms with Crippen LogP contribution in [0, 0.1) is 6.92 Å². The average Bonchev–Trinajstić information content (AvgIpc) is 1.88. The Balaban J connectivity index is 2.95. The molecule has 1 aromatic heterocycles. The van der Waals surface area contributed by atoms with Gasteiger partial charge in [0.25, 0.3) is 0 Å². The van der Waals surface area contributed by atoms with Crippen LogP contribution in [0.3, 0.4) is 0 Å². The largest absolute Gasteiger partial charge is 0.242 e. The number of aryl methyl sites for hydroxylation is 1. The maximum Gasteiger partial charge on any atom is 0.125 e. The van der Waals surface area contributed by atoms with E-state index in [4.69, 9.17) is 0 Å². The number of hydrogen-bond acceptors (Lipinski definition) is 2. The molecule has 0 spiro atoms. The second-order valence-corrected chi connectivity index (χ2v) is 2.03. The van der Waals surface area contributed by atoms with Crippen LogP contribution >= 0.6 is 0 Å². The highest BCUT2D eigenvalue weighted by Gasteiger charge is 1.86. The van der Waals surface area contributed by atoms with Crippen molar-refractivity contribution in [2.24, 2.45) is 0 Å². The minimum atomic E-state index is 0.815. The lowest BCUT2D eigenvalue weighted by atomic mass is 10.3. The summed E-state index contributed by atoms with van der Waals surface area (Å²) in [5, 5.41) is 0. The molecule has 0 aliphatic carbocycles. The van der Waals surface area contributed by atoms with Crippen molar-refractivity contribution in [3.63, 3.8) is 0 Å². The lowest BCUT2D eigenvalue weighted by molar-refractivity contribution is 1.04. The van der Waals surface area contributed by atoms with Gasteiger partial charge in [-0.1, -0.05) is 6.08 Å². The Bertz CT molecular complexity index is 241. The molecule has 1 rings (SSSR count). The van der Waals surface area contributed by atoms with Crippen molar-refractivity contribution in [1.82, 2.24) is 9.97 Å². The van der Waals surface area contributed by atoms with Gasteiger partial charge in [0, 0.05) is 6.20 Å². The van der Waals surface area contributed by atoms with Gasteiger partial charge >= 0.3 is 0 Å². The highest BCUT2D eigenvalue weighted by Crippen LogP contribution is 1.96. The first kappa shape index (κ1) is 6.93. The van der Waals surface area contributed by atoms with E-state index < -0.39 is 0 Å². The van der Waals surface area contributed by atoms with Crippen LogP contribution in [0.5, 0.6) is 0 Å². The maximum atomic E-state index is 4.16. The van der Waals surface area contributed by atoms with E-state index in [9.17, 15) is 0 Å². The molecule has 0 radical (unpaired) electrons. The smallest absolute Gasteiger partial charge is 0.125 e. The molecule has 0 unspecified atom stereocenters. The fourth-order valence-electron chi connectivity index (χ4n) is 0.738. The van der Waals surface area contributed by atoms with Gasteiger partial charge in [0.2, 0.25) is 0 Å². The van der Waals surface area contributed by atoms with Crippen molar-refractivity contribution in [3.8, 4) is 0 Å². The van der Waals surface area contributed by atoms with Crippen molar-refractivity contribution in [2.45, 2.75) is 13.8 Å². The van der Waals surface area contributed by atoms with Gasteiger partial charge in [-0.25, -0.2) is 9.97 Å². The molecule has 0 amide bonds. The van der Waals surface area contributed by atoms with Crippen LogP contribution in [0.4, 0.5) is 0 Å². The molecule has 0 saturated carbocycles. The van der Waals surface area contributed by atoms with E-state index in [0.29, 0.717) is 0 Å². The first-order valence-corrected chi connectivity index (χ1v) is 3.25. The van der Waals surface area contributed by atoms with Crippen molar-refractivity contribution in [1.29, 1.82) is 0 Å². The van der Waals surface area contributed by atoms with Crippen LogP contribution in [0.25, 0.3) is 6.08 Å². The summed E-state index contributed by atoms with van der Waals surface area (Å²) in [5.41, 5.74) is 0.968. The molecule has 0 atom stereocenters. The van der Waals surface area contributed by atoms with E-state index in [1.54, 1.807) is 6.20 Å². The summed E-state index contributed by atoms with van der Waals surface area (Å²) in [4.78, 5) is 8.14. The zero-order valence-electron chi connectivity index (χ0n) is 6.20. The van der Waals surface area contributed by atoms with Gasteiger partial charge in [0.1, 0.15) is 5.82 Å². The molecule has 52 valence electrons. The summed E-state index contributed by atoms with van der Waals surface area (Å²) < 4.78 is 0. The van der Waals surface area contributed by atoms with Gasteiger partial charge in [0.15, 0.2) is 0 Å². The quantitative estimate of drug-likeness (QED) is 0.585. The van der Waals surface area contributed by atoms with Crippen molar-refractivity contribution < 1.29 is 0 Å². The molecule has 0 bridgehead atoms. The summed E-state index contributed by atoms with van der Waals surface area (Å²) >= 11 is 0. The highest BCUT2D eigenvalue weighted by atomic mass is 14.9. The second-order valence-electron chi connectivity index (χ2n) is 2.03. The molecular formula is C8H10N2. The first-order chi connectivity index (χ1) is 4.83. The van der Waals surface area contributed by atoms with Crippen LogP contribution in [0.1, 0.15) is 18.4 Å². The lowest BCUT2D eigenvalue weighted by Crippen LogP contribution is -1.87. The van der Waals surface area contributed by atoms with Gasteiger partial charge < -0.3 is 0 Å². The topological polar surface area (TPSA) is 25.8 Å². The minimum absolute atomic E-state index is 0.815. The summed E-state index contributed by atoms with van der Waals surface area (Å²) in [6, 6.07) is 1.88. The Kier molecular flexibility index (Phi) is 2.15. The number of allylic oxidation sites excluding steroid dienone is 1. The Morgan fingerprint density at radius 2 is 2.30 bits per heavy atom. The second kappa shape index (κ2) is 3.11. The predicted octanol–water partition coefficient (Wildman–Crippen LogP) is 1.82. The SMILES string of the molecule is C/C=C/c1ccnc(C)n1. The third-order valence-electron chi connectivity index (χ3n) is 1.13. The number of aromatic nitrogens is 2. The van der Waals surface area contributed by atoms with E-state index in [1.807, 2.05) is 32.1 Å². The molecule has 1 heterocycles. The zero-order valence-corrected chi connectivity index (χ0v) is 6.20. The predicted molar refractivity (Wildman–Crippen MR) is 41.5 cm³/mol. The number of nitrogens with zero attached hydrogens (tertiary/aromatic N) is 2. The standard InChI is InChI=1S/C8H10N2/c1-3-4-8-5-6-9-7(2)10-8/h3-6H,1-2H3/b4-3+. The lowest BCUT2D eigenvalue weighted by Gasteiger charge is -1.91. The molecular weight excluding hydrogens is 124 g/mol. The molecule has 0 fully saturated rings. The van der Waals surface area contributed by atoms with Gasteiger partial charge in [-0.05, 0) is 26.0 Å². The molecule has 0 saturated heterocycles. The highest BCUT2D eigenvalue weighted by molar-refractivity contribution is 5.42. The van der Waals surface area contributed by atoms with Crippen LogP contribution in [0.2, 0.25) is 0 Å². The van der Waals surface area contributed by atoms with E-state index >= 15 is 0 Å². The van der Waals surface area contributed by atoms with Crippen molar-refractivity contribution in [3.05, 3.63) is 29.9 Å². The van der Waals surface area contributed by atoms with E-state index in [0.717, 1.165) is 11.5 Å². The summed E-state index contributed by atoms with van der Waals surface area (Å²) in [6.45, 7) is 3.85. The molecule has 10 heavy (non-hydrogen) atoms. The molecule has 0 aliphatic rings. The van der Waals surface area contributed by atoms with Crippen molar-refractivity contribution in [2.75, 3.05) is 0 Å². The summed E-state index contributed by atoms with van der Waals surface area (Å²) in [7, 11) is 0. The summed E-state index contributed by atoms with van der Waals surface area (Å²) in [5.74, 6) is 0.815. The third-order valence-corrected chi connectivity index (χ3v) is 1.13. The Hall–Kier alpha value is -1.18. The fourth-order valence-corrected chi connectivity index (χ4v) is 0.738. The summed E-state index contributed by atoms with van der Waals surface area (Å²) in [6.07, 6.45) is 5.67. The molecule has 2 heteroatoms. The molecule has 0 aliphatic heterocycles. The average molecular weight is 134 g/mol. The maximum absolute atomic E-state index is 4.16. The number of rotatable bonds is 1. The van der Waals surface area contributed by atoms with Gasteiger partial charge in [-0.2, -0.15) is 0 Å². The molecule has 0 N–H and O–H groups in total. The van der Waals surface area contributed by atoms with Gasteiger partial charge in [-0.3, -0.25) is 0 Å². The zero-order chi connectivity index (χ0) is 7.40. The van der Waals surface area contributed by atoms with Crippen LogP contribution < -0.4 is 0 Å². The van der Waals surface area contributed by atoms with Gasteiger partial charge in [0.05, 0.1) is 5.69 Å². The van der Waals surface area contributed by atoms with E-state index in [2.05, 4.69) is 9.97 Å². The molecule has 1 aromatic rings. The molecule has 2 nitrogen and oxygen atoms in total. The first-order valence-electron chi connectivity index (χ1n) is 3.25. The number of hydrogen-bond donors (Lipinski definition) is 0. The van der Waals surface area contributed by atoms with Crippen molar-refractivity contribution >= 4 is 6.08 Å². The third kappa shape index (κ3) is 1.65. The van der Waals surface area contributed by atoms with Crippen LogP contribution in [0.15, 0.2) is 18.3 Å². The Morgan fingerprint density at radius 1 is 1.50 bits per heavy atom. The fraction of sp³-hybridized carbons (Fsp3) is 0.250. The normalized spacial score (nSPS) is 10.6. The Labute approximate surface area is 60.6 Å². The van der Waals surface area contributed by atoms with Crippen LogP contribution in [-0.4, -0.2) is 9.97 Å². The van der Waals surface area contributed by atoms with E-state index in [-0.39, 0.29) is 0 Å². The van der Waals surface area contributed by atoms with Crippen LogP contribution in [-0.2, 0) is 0 Å². The monoisotopic (exact) mass is 134 g/mol. The Morgan fingerprint density at radius 3 is 2.90 bits per heavy atom.